The van der Waals surface area contributed by atoms with Crippen LogP contribution in [0, 0.1) is 29.0 Å². The summed E-state index contributed by atoms with van der Waals surface area (Å²) in [5.41, 5.74) is 3.32. The third-order valence-corrected chi connectivity index (χ3v) is 6.93. The average Bonchev–Trinajstić information content (AvgIpc) is 2.77. The van der Waals surface area contributed by atoms with E-state index in [4.69, 9.17) is 10.00 Å². The maximum absolute atomic E-state index is 13.9. The van der Waals surface area contributed by atoms with E-state index in [1.54, 1.807) is 6.07 Å². The molecule has 152 valence electrons. The van der Waals surface area contributed by atoms with Crippen molar-refractivity contribution in [2.24, 2.45) is 11.8 Å². The van der Waals surface area contributed by atoms with Crippen LogP contribution in [0.5, 0.6) is 0 Å². The first-order valence-electron chi connectivity index (χ1n) is 11.1. The zero-order chi connectivity index (χ0) is 20.2. The Kier molecular flexibility index (Phi) is 6.31. The minimum Gasteiger partial charge on any atom is -0.378 e. The molecule has 0 spiro atoms. The molecule has 0 bridgehead atoms. The molecule has 2 saturated carbocycles. The molecule has 0 aliphatic heterocycles. The molecule has 4 unspecified atom stereocenters. The van der Waals surface area contributed by atoms with Gasteiger partial charge in [-0.05, 0) is 91.5 Å². The molecule has 0 heterocycles. The van der Waals surface area contributed by atoms with Crippen LogP contribution >= 0.6 is 0 Å². The minimum absolute atomic E-state index is 0.0944. The molecule has 2 aromatic carbocycles. The van der Waals surface area contributed by atoms with Gasteiger partial charge >= 0.3 is 0 Å². The molecule has 0 N–H and O–H groups in total. The van der Waals surface area contributed by atoms with E-state index in [0.717, 1.165) is 36.0 Å². The lowest BCUT2D eigenvalue weighted by Crippen LogP contribution is -2.33. The van der Waals surface area contributed by atoms with Crippen molar-refractivity contribution < 1.29 is 9.13 Å². The summed E-state index contributed by atoms with van der Waals surface area (Å²) in [6.07, 6.45) is 9.22. The van der Waals surface area contributed by atoms with Crippen LogP contribution in [0.15, 0.2) is 42.5 Å². The smallest absolute Gasteiger partial charge is 0.141 e. The lowest BCUT2D eigenvalue weighted by atomic mass is 9.65. The van der Waals surface area contributed by atoms with Crippen LogP contribution < -0.4 is 0 Å². The van der Waals surface area contributed by atoms with Crippen LogP contribution in [-0.2, 0) is 4.74 Å². The first-order chi connectivity index (χ1) is 14.2. The maximum atomic E-state index is 13.9. The minimum atomic E-state index is -0.453. The molecule has 0 radical (unpaired) electrons. The standard InChI is InChI=1S/C26H30FNO/c1-2-13-29-25-12-11-21-14-20(7-8-22(21)15-25)18-3-5-19(6-4-18)23-9-10-24(17-28)26(27)16-23/h3-6,9-10,16,20-22,25H,2,7-8,11-15H2,1H3. The van der Waals surface area contributed by atoms with E-state index in [-0.39, 0.29) is 5.56 Å². The van der Waals surface area contributed by atoms with E-state index in [9.17, 15) is 4.39 Å². The molecule has 0 amide bonds. The van der Waals surface area contributed by atoms with Gasteiger partial charge in [-0.1, -0.05) is 37.3 Å². The first-order valence-corrected chi connectivity index (χ1v) is 11.1. The molecular weight excluding hydrogens is 361 g/mol. The van der Waals surface area contributed by atoms with E-state index in [0.29, 0.717) is 12.0 Å². The van der Waals surface area contributed by atoms with Crippen molar-refractivity contribution in [2.45, 2.75) is 63.9 Å². The van der Waals surface area contributed by atoms with Gasteiger partial charge in [-0.2, -0.15) is 5.26 Å². The van der Waals surface area contributed by atoms with Crippen molar-refractivity contribution in [1.82, 2.24) is 0 Å². The van der Waals surface area contributed by atoms with E-state index in [1.807, 2.05) is 12.1 Å². The average molecular weight is 392 g/mol. The number of nitriles is 1. The number of benzene rings is 2. The van der Waals surface area contributed by atoms with E-state index >= 15 is 0 Å². The molecule has 3 heteroatoms. The lowest BCUT2D eigenvalue weighted by molar-refractivity contribution is -0.0147. The molecule has 2 aliphatic carbocycles. The molecule has 2 aliphatic rings. The van der Waals surface area contributed by atoms with Crippen LogP contribution in [0.2, 0.25) is 0 Å². The lowest BCUT2D eigenvalue weighted by Gasteiger charge is -2.42. The second kappa shape index (κ2) is 9.09. The fourth-order valence-electron chi connectivity index (χ4n) is 5.32. The number of halogens is 1. The summed E-state index contributed by atoms with van der Waals surface area (Å²) in [6.45, 7) is 3.08. The highest BCUT2D eigenvalue weighted by Gasteiger charge is 2.36. The Morgan fingerprint density at radius 2 is 1.69 bits per heavy atom. The number of ether oxygens (including phenoxy) is 1. The highest BCUT2D eigenvalue weighted by molar-refractivity contribution is 5.64. The van der Waals surface area contributed by atoms with E-state index < -0.39 is 5.82 Å². The normalized spacial score (nSPS) is 26.5. The summed E-state index contributed by atoms with van der Waals surface area (Å²) in [5, 5.41) is 8.90. The number of hydrogen-bond donors (Lipinski definition) is 0. The zero-order valence-electron chi connectivity index (χ0n) is 17.2. The monoisotopic (exact) mass is 391 g/mol. The van der Waals surface area contributed by atoms with Crippen molar-refractivity contribution in [3.05, 3.63) is 59.4 Å². The Balaban J connectivity index is 1.39. The second-order valence-corrected chi connectivity index (χ2v) is 8.76. The summed E-state index contributed by atoms with van der Waals surface area (Å²) in [7, 11) is 0. The Labute approximate surface area is 173 Å². The molecule has 29 heavy (non-hydrogen) atoms. The van der Waals surface area contributed by atoms with Gasteiger partial charge in [0.1, 0.15) is 11.9 Å². The zero-order valence-corrected chi connectivity index (χ0v) is 17.2. The van der Waals surface area contributed by atoms with Crippen molar-refractivity contribution in [2.75, 3.05) is 6.61 Å². The van der Waals surface area contributed by atoms with Crippen LogP contribution in [0.25, 0.3) is 11.1 Å². The quantitative estimate of drug-likeness (QED) is 0.559. The highest BCUT2D eigenvalue weighted by atomic mass is 19.1. The molecule has 4 atom stereocenters. The van der Waals surface area contributed by atoms with Crippen LogP contribution in [-0.4, -0.2) is 12.7 Å². The van der Waals surface area contributed by atoms with Crippen molar-refractivity contribution in [3.63, 3.8) is 0 Å². The van der Waals surface area contributed by atoms with Crippen molar-refractivity contribution in [3.8, 4) is 17.2 Å². The number of nitrogens with zero attached hydrogens (tertiary/aromatic N) is 1. The molecule has 0 saturated heterocycles. The Bertz CT molecular complexity index is 869. The Morgan fingerprint density at radius 3 is 2.41 bits per heavy atom. The molecule has 2 aromatic rings. The van der Waals surface area contributed by atoms with Gasteiger partial charge in [-0.25, -0.2) is 4.39 Å². The van der Waals surface area contributed by atoms with Gasteiger partial charge in [-0.15, -0.1) is 0 Å². The van der Waals surface area contributed by atoms with Crippen LogP contribution in [0.4, 0.5) is 4.39 Å². The summed E-state index contributed by atoms with van der Waals surface area (Å²) in [6, 6.07) is 15.3. The van der Waals surface area contributed by atoms with Gasteiger partial charge in [0, 0.05) is 6.61 Å². The first kappa shape index (κ1) is 20.1. The SMILES string of the molecule is CCCOC1CCC2CC(c3ccc(-c4ccc(C#N)c(F)c4)cc3)CCC2C1. The highest BCUT2D eigenvalue weighted by Crippen LogP contribution is 2.46. The van der Waals surface area contributed by atoms with E-state index in [1.165, 1.54) is 50.2 Å². The van der Waals surface area contributed by atoms with Crippen LogP contribution in [0.3, 0.4) is 0 Å². The maximum Gasteiger partial charge on any atom is 0.141 e. The van der Waals surface area contributed by atoms with Gasteiger partial charge in [0.05, 0.1) is 11.7 Å². The third-order valence-electron chi connectivity index (χ3n) is 6.93. The number of rotatable bonds is 5. The molecule has 4 rings (SSSR count). The molecule has 0 aromatic heterocycles. The summed E-state index contributed by atoms with van der Waals surface area (Å²) < 4.78 is 20.0. The van der Waals surface area contributed by atoms with Crippen LogP contribution in [0.1, 0.15) is 68.9 Å². The van der Waals surface area contributed by atoms with Crippen molar-refractivity contribution in [1.29, 1.82) is 5.26 Å². The topological polar surface area (TPSA) is 33.0 Å². The molecule has 2 fully saturated rings. The fraction of sp³-hybridized carbons (Fsp3) is 0.500. The van der Waals surface area contributed by atoms with Crippen molar-refractivity contribution >= 4 is 0 Å². The largest absolute Gasteiger partial charge is 0.378 e. The number of fused-ring (bicyclic) bond motifs is 1. The van der Waals surface area contributed by atoms with E-state index in [2.05, 4.69) is 31.2 Å². The second-order valence-electron chi connectivity index (χ2n) is 8.76. The summed E-state index contributed by atoms with van der Waals surface area (Å²) >= 11 is 0. The van der Waals surface area contributed by atoms with Gasteiger partial charge in [0.2, 0.25) is 0 Å². The molecular formula is C26H30FNO. The summed E-state index contributed by atoms with van der Waals surface area (Å²) in [5.74, 6) is 1.85. The van der Waals surface area contributed by atoms with Gasteiger partial charge in [0.25, 0.3) is 0 Å². The Hall–Kier alpha value is -2.18. The van der Waals surface area contributed by atoms with Gasteiger partial charge in [-0.3, -0.25) is 0 Å². The predicted octanol–water partition coefficient (Wildman–Crippen LogP) is 6.84. The number of hydrogen-bond acceptors (Lipinski definition) is 2. The fourth-order valence-corrected chi connectivity index (χ4v) is 5.32. The van der Waals surface area contributed by atoms with Gasteiger partial charge in [0.15, 0.2) is 0 Å². The Morgan fingerprint density at radius 1 is 0.966 bits per heavy atom. The summed E-state index contributed by atoms with van der Waals surface area (Å²) in [4.78, 5) is 0. The third kappa shape index (κ3) is 4.54. The predicted molar refractivity (Wildman–Crippen MR) is 114 cm³/mol. The molecule has 2 nitrogen and oxygen atoms in total. The van der Waals surface area contributed by atoms with Gasteiger partial charge < -0.3 is 4.74 Å².